The van der Waals surface area contributed by atoms with Crippen molar-refractivity contribution < 1.29 is 22.7 Å². The quantitative estimate of drug-likeness (QED) is 0.365. The van der Waals surface area contributed by atoms with E-state index in [0.29, 0.717) is 11.5 Å². The Kier molecular flexibility index (Phi) is 6.17. The van der Waals surface area contributed by atoms with Crippen LogP contribution in [0.5, 0.6) is 11.5 Å². The number of alkyl halides is 3. The first kappa shape index (κ1) is 23.9. The number of benzene rings is 3. The van der Waals surface area contributed by atoms with Crippen molar-refractivity contribution >= 4 is 16.9 Å². The van der Waals surface area contributed by atoms with Crippen LogP contribution in [0.25, 0.3) is 16.7 Å². The molecule has 0 saturated carbocycles. The first-order valence-corrected chi connectivity index (χ1v) is 11.7. The van der Waals surface area contributed by atoms with Gasteiger partial charge in [0.1, 0.15) is 17.3 Å². The number of hydrogen-bond donors (Lipinski definition) is 1. The Morgan fingerprint density at radius 3 is 2.31 bits per heavy atom. The lowest BCUT2D eigenvalue weighted by Crippen LogP contribution is -2.42. The molecule has 186 valence electrons. The van der Waals surface area contributed by atoms with Crippen molar-refractivity contribution in [2.24, 2.45) is 5.73 Å². The van der Waals surface area contributed by atoms with E-state index in [4.69, 9.17) is 15.5 Å². The first-order chi connectivity index (χ1) is 17.2. The topological polar surface area (TPSA) is 73.4 Å². The Morgan fingerprint density at radius 2 is 1.67 bits per heavy atom. The van der Waals surface area contributed by atoms with Crippen LogP contribution in [0.4, 0.5) is 13.2 Å². The molecule has 1 fully saturated rings. The number of ether oxygens (including phenoxy) is 1. The van der Waals surface area contributed by atoms with Gasteiger partial charge in [0.25, 0.3) is 0 Å². The van der Waals surface area contributed by atoms with Crippen LogP contribution in [-0.2, 0) is 11.0 Å². The number of imidazole rings is 1. The first-order valence-electron chi connectivity index (χ1n) is 11.7. The summed E-state index contributed by atoms with van der Waals surface area (Å²) in [6.45, 7) is 2.79. The molecular weight excluding hydrogens is 469 g/mol. The number of amides is 1. The van der Waals surface area contributed by atoms with Crippen molar-refractivity contribution in [1.29, 1.82) is 0 Å². The summed E-state index contributed by atoms with van der Waals surface area (Å²) in [5.41, 5.74) is 7.54. The highest BCUT2D eigenvalue weighted by atomic mass is 19.4. The standard InChI is InChI=1S/C27H25F3N4O2/c1-17(33-16-4-7-24(33)25(31)35)26-32-22-5-2-3-6-23(22)34(26)19-10-14-21(15-11-19)36-20-12-8-18(9-13-20)27(28,29)30/h2-3,5-6,8-15,17,24H,4,7,16H2,1H3,(H2,31,35). The van der Waals surface area contributed by atoms with Crippen molar-refractivity contribution in [2.45, 2.75) is 38.0 Å². The number of rotatable bonds is 6. The second-order valence-corrected chi connectivity index (χ2v) is 8.89. The second kappa shape index (κ2) is 9.31. The van der Waals surface area contributed by atoms with Crippen LogP contribution in [0.3, 0.4) is 0 Å². The summed E-state index contributed by atoms with van der Waals surface area (Å²) < 4.78 is 46.2. The maximum absolute atomic E-state index is 12.8. The molecule has 0 radical (unpaired) electrons. The van der Waals surface area contributed by atoms with Crippen LogP contribution in [-0.4, -0.2) is 32.9 Å². The molecular formula is C27H25F3N4O2. The molecule has 36 heavy (non-hydrogen) atoms. The molecule has 2 N–H and O–H groups in total. The number of halogens is 3. The van der Waals surface area contributed by atoms with Crippen LogP contribution in [0.15, 0.2) is 72.8 Å². The van der Waals surface area contributed by atoms with Crippen molar-refractivity contribution in [2.75, 3.05) is 6.54 Å². The molecule has 6 nitrogen and oxygen atoms in total. The number of hydrogen-bond acceptors (Lipinski definition) is 4. The van der Waals surface area contributed by atoms with Gasteiger partial charge in [-0.2, -0.15) is 13.2 Å². The average Bonchev–Trinajstić information content (AvgIpc) is 3.50. The maximum Gasteiger partial charge on any atom is 0.416 e. The highest BCUT2D eigenvalue weighted by molar-refractivity contribution is 5.80. The molecule has 4 aromatic rings. The number of carbonyl (C=O) groups excluding carboxylic acids is 1. The lowest BCUT2D eigenvalue weighted by molar-refractivity contribution is -0.137. The molecule has 1 aliphatic heterocycles. The molecule has 3 aromatic carbocycles. The molecule has 2 atom stereocenters. The van der Waals surface area contributed by atoms with Crippen molar-refractivity contribution in [1.82, 2.24) is 14.5 Å². The molecule has 1 aromatic heterocycles. The molecule has 0 bridgehead atoms. The van der Waals surface area contributed by atoms with Crippen molar-refractivity contribution in [3.8, 4) is 17.2 Å². The van der Waals surface area contributed by atoms with Gasteiger partial charge in [-0.25, -0.2) is 4.98 Å². The average molecular weight is 495 g/mol. The minimum absolute atomic E-state index is 0.152. The van der Waals surface area contributed by atoms with Gasteiger partial charge in [-0.1, -0.05) is 12.1 Å². The molecule has 0 spiro atoms. The van der Waals surface area contributed by atoms with Gasteiger partial charge in [-0.05, 0) is 87.0 Å². The molecule has 1 aliphatic rings. The number of nitrogens with zero attached hydrogens (tertiary/aromatic N) is 3. The molecule has 2 heterocycles. The lowest BCUT2D eigenvalue weighted by atomic mass is 10.1. The smallest absolute Gasteiger partial charge is 0.416 e. The summed E-state index contributed by atoms with van der Waals surface area (Å²) in [4.78, 5) is 19.0. The molecule has 0 aliphatic carbocycles. The highest BCUT2D eigenvalue weighted by Gasteiger charge is 2.35. The second-order valence-electron chi connectivity index (χ2n) is 8.89. The monoisotopic (exact) mass is 494 g/mol. The van der Waals surface area contributed by atoms with Gasteiger partial charge in [0.2, 0.25) is 5.91 Å². The van der Waals surface area contributed by atoms with Gasteiger partial charge in [0.05, 0.1) is 28.7 Å². The number of likely N-dealkylation sites (tertiary alicyclic amines) is 1. The number of fused-ring (bicyclic) bond motifs is 1. The summed E-state index contributed by atoms with van der Waals surface area (Å²) in [5.74, 6) is 1.27. The maximum atomic E-state index is 12.8. The third-order valence-corrected chi connectivity index (χ3v) is 6.59. The fourth-order valence-electron chi connectivity index (χ4n) is 4.81. The Hall–Kier alpha value is -3.85. The van der Waals surface area contributed by atoms with E-state index in [1.165, 1.54) is 12.1 Å². The van der Waals surface area contributed by atoms with Crippen LogP contribution < -0.4 is 10.5 Å². The van der Waals surface area contributed by atoms with Crippen LogP contribution in [0.2, 0.25) is 0 Å². The zero-order valence-electron chi connectivity index (χ0n) is 19.6. The van der Waals surface area contributed by atoms with Gasteiger partial charge in [0.15, 0.2) is 0 Å². The minimum atomic E-state index is -4.39. The van der Waals surface area contributed by atoms with E-state index < -0.39 is 11.7 Å². The van der Waals surface area contributed by atoms with E-state index in [9.17, 15) is 18.0 Å². The molecule has 1 amide bonds. The third-order valence-electron chi connectivity index (χ3n) is 6.59. The van der Waals surface area contributed by atoms with E-state index >= 15 is 0 Å². The predicted octanol–water partition coefficient (Wildman–Crippen LogP) is 5.85. The molecule has 5 rings (SSSR count). The Bertz CT molecular complexity index is 1380. The van der Waals surface area contributed by atoms with Crippen molar-refractivity contribution in [3.05, 3.63) is 84.2 Å². The fraction of sp³-hybridized carbons (Fsp3) is 0.259. The van der Waals surface area contributed by atoms with Gasteiger partial charge >= 0.3 is 6.18 Å². The van der Waals surface area contributed by atoms with Crippen LogP contribution in [0, 0.1) is 0 Å². The Balaban J connectivity index is 1.45. The van der Waals surface area contributed by atoms with E-state index in [-0.39, 0.29) is 18.0 Å². The summed E-state index contributed by atoms with van der Waals surface area (Å²) >= 11 is 0. The van der Waals surface area contributed by atoms with Crippen LogP contribution >= 0.6 is 0 Å². The van der Waals surface area contributed by atoms with Crippen molar-refractivity contribution in [3.63, 3.8) is 0 Å². The van der Waals surface area contributed by atoms with Crippen LogP contribution in [0.1, 0.15) is 37.2 Å². The van der Waals surface area contributed by atoms with E-state index in [0.717, 1.165) is 54.1 Å². The fourth-order valence-corrected chi connectivity index (χ4v) is 4.81. The van der Waals surface area contributed by atoms with E-state index in [1.54, 1.807) is 12.1 Å². The number of aromatic nitrogens is 2. The Morgan fingerprint density at radius 1 is 1.03 bits per heavy atom. The normalized spacial score (nSPS) is 17.4. The zero-order valence-corrected chi connectivity index (χ0v) is 19.6. The Labute approximate surface area is 206 Å². The number of primary amides is 1. The molecule has 2 unspecified atom stereocenters. The third kappa shape index (κ3) is 4.54. The summed E-state index contributed by atoms with van der Waals surface area (Å²) in [6, 6.07) is 19.2. The summed E-state index contributed by atoms with van der Waals surface area (Å²) in [6.07, 6.45) is -2.76. The van der Waals surface area contributed by atoms with Gasteiger partial charge in [-0.15, -0.1) is 0 Å². The molecule has 1 saturated heterocycles. The summed E-state index contributed by atoms with van der Waals surface area (Å²) in [7, 11) is 0. The van der Waals surface area contributed by atoms with Gasteiger partial charge < -0.3 is 10.5 Å². The summed E-state index contributed by atoms with van der Waals surface area (Å²) in [5, 5.41) is 0. The predicted molar refractivity (Wildman–Crippen MR) is 130 cm³/mol. The number of nitrogens with two attached hydrogens (primary N) is 1. The highest BCUT2D eigenvalue weighted by Crippen LogP contribution is 2.34. The largest absolute Gasteiger partial charge is 0.457 e. The van der Waals surface area contributed by atoms with E-state index in [2.05, 4.69) is 9.47 Å². The zero-order chi connectivity index (χ0) is 25.4. The van der Waals surface area contributed by atoms with Gasteiger partial charge in [-0.3, -0.25) is 14.3 Å². The lowest BCUT2D eigenvalue weighted by Gasteiger charge is -2.29. The minimum Gasteiger partial charge on any atom is -0.457 e. The SMILES string of the molecule is CC(c1nc2ccccc2n1-c1ccc(Oc2ccc(C(F)(F)F)cc2)cc1)N1CCCC1C(N)=O. The number of carbonyl (C=O) groups is 1. The van der Waals surface area contributed by atoms with Gasteiger partial charge in [0, 0.05) is 5.69 Å². The number of para-hydroxylation sites is 2. The molecule has 9 heteroatoms. The van der Waals surface area contributed by atoms with E-state index in [1.807, 2.05) is 43.3 Å².